The first-order valence-electron chi connectivity index (χ1n) is 6.02. The van der Waals surface area contributed by atoms with Crippen LogP contribution >= 0.6 is 11.6 Å². The summed E-state index contributed by atoms with van der Waals surface area (Å²) in [5, 5.41) is 28.5. The molecule has 1 aromatic rings. The fourth-order valence-corrected chi connectivity index (χ4v) is 2.31. The average Bonchev–Trinajstić information content (AvgIpc) is 2.70. The lowest BCUT2D eigenvalue weighted by Crippen LogP contribution is -2.39. The first-order chi connectivity index (χ1) is 9.49. The minimum atomic E-state index is -1.39. The van der Waals surface area contributed by atoms with Crippen LogP contribution in [0.5, 0.6) is 0 Å². The number of aliphatic hydroxyl groups excluding tert-OH is 3. The summed E-state index contributed by atoms with van der Waals surface area (Å²) in [5.74, 6) is 0.192. The van der Waals surface area contributed by atoms with Crippen LogP contribution in [0.4, 0.5) is 0 Å². The van der Waals surface area contributed by atoms with Gasteiger partial charge < -0.3 is 20.1 Å². The maximum absolute atomic E-state index is 11.8. The maximum atomic E-state index is 11.8. The molecule has 0 amide bonds. The first kappa shape index (κ1) is 15.2. The van der Waals surface area contributed by atoms with E-state index in [2.05, 4.69) is 4.98 Å². The zero-order valence-electron chi connectivity index (χ0n) is 10.4. The van der Waals surface area contributed by atoms with E-state index in [-0.39, 0.29) is 17.9 Å². The number of hydrogen-bond donors (Lipinski definition) is 4. The highest BCUT2D eigenvalue weighted by Crippen LogP contribution is 2.27. The molecule has 112 valence electrons. The summed E-state index contributed by atoms with van der Waals surface area (Å²) in [6.07, 6.45) is -3.40. The van der Waals surface area contributed by atoms with E-state index >= 15 is 0 Å². The van der Waals surface area contributed by atoms with Crippen LogP contribution < -0.4 is 11.2 Å². The summed E-state index contributed by atoms with van der Waals surface area (Å²) in [6.45, 7) is -0.499. The number of hydrogen-bond acceptors (Lipinski definition) is 6. The van der Waals surface area contributed by atoms with Crippen LogP contribution in [-0.2, 0) is 11.2 Å². The van der Waals surface area contributed by atoms with Crippen molar-refractivity contribution in [2.45, 2.75) is 31.0 Å². The molecule has 0 aliphatic carbocycles. The highest BCUT2D eigenvalue weighted by molar-refractivity contribution is 6.17. The number of aromatic nitrogens is 2. The normalized spacial score (nSPS) is 29.8. The molecule has 0 aromatic carbocycles. The topological polar surface area (TPSA) is 125 Å². The Kier molecular flexibility index (Phi) is 4.61. The van der Waals surface area contributed by atoms with Crippen molar-refractivity contribution in [3.63, 3.8) is 0 Å². The Morgan fingerprint density at radius 2 is 2.05 bits per heavy atom. The molecule has 4 N–H and O–H groups in total. The molecule has 1 aliphatic rings. The molecule has 8 nitrogen and oxygen atoms in total. The second-order valence-electron chi connectivity index (χ2n) is 4.49. The van der Waals surface area contributed by atoms with E-state index in [1.54, 1.807) is 0 Å². The minimum Gasteiger partial charge on any atom is -0.394 e. The first-order valence-corrected chi connectivity index (χ1v) is 6.55. The Morgan fingerprint density at radius 1 is 1.35 bits per heavy atom. The molecule has 2 rings (SSSR count). The monoisotopic (exact) mass is 306 g/mol. The van der Waals surface area contributed by atoms with Gasteiger partial charge in [0.1, 0.15) is 18.3 Å². The highest BCUT2D eigenvalue weighted by Gasteiger charge is 2.43. The Balaban J connectivity index is 2.40. The van der Waals surface area contributed by atoms with Crippen molar-refractivity contribution in [3.05, 3.63) is 32.6 Å². The molecule has 0 bridgehead atoms. The summed E-state index contributed by atoms with van der Waals surface area (Å²) in [5.41, 5.74) is -1.07. The van der Waals surface area contributed by atoms with Crippen molar-refractivity contribution in [2.75, 3.05) is 12.5 Å². The van der Waals surface area contributed by atoms with E-state index in [0.717, 1.165) is 4.57 Å². The zero-order chi connectivity index (χ0) is 14.9. The van der Waals surface area contributed by atoms with E-state index in [4.69, 9.17) is 21.4 Å². The van der Waals surface area contributed by atoms with Gasteiger partial charge in [-0.15, -0.1) is 11.6 Å². The number of rotatable bonds is 4. The van der Waals surface area contributed by atoms with Crippen LogP contribution in [0.3, 0.4) is 0 Å². The van der Waals surface area contributed by atoms with Gasteiger partial charge in [-0.05, 0) is 6.42 Å². The van der Waals surface area contributed by atoms with Crippen molar-refractivity contribution < 1.29 is 20.1 Å². The molecular formula is C11H15ClN2O6. The van der Waals surface area contributed by atoms with Crippen molar-refractivity contribution in [2.24, 2.45) is 0 Å². The van der Waals surface area contributed by atoms with Gasteiger partial charge in [-0.2, -0.15) is 0 Å². The fraction of sp³-hybridized carbons (Fsp3) is 0.636. The molecule has 1 aromatic heterocycles. The van der Waals surface area contributed by atoms with Crippen LogP contribution in [0, 0.1) is 0 Å². The third-order valence-electron chi connectivity index (χ3n) is 3.20. The predicted octanol–water partition coefficient (Wildman–Crippen LogP) is -2.07. The van der Waals surface area contributed by atoms with Gasteiger partial charge >= 0.3 is 5.69 Å². The number of aromatic amines is 1. The molecule has 20 heavy (non-hydrogen) atoms. The summed E-state index contributed by atoms with van der Waals surface area (Å²) in [4.78, 5) is 25.4. The Hall–Kier alpha value is -1.19. The number of aliphatic hydroxyl groups is 3. The van der Waals surface area contributed by atoms with Gasteiger partial charge in [-0.3, -0.25) is 14.3 Å². The number of nitrogens with one attached hydrogen (secondary N) is 1. The van der Waals surface area contributed by atoms with Crippen molar-refractivity contribution >= 4 is 11.6 Å². The molecule has 4 atom stereocenters. The number of nitrogens with zero attached hydrogens (tertiary/aromatic N) is 1. The number of alkyl halides is 1. The Bertz CT molecular complexity index is 585. The van der Waals surface area contributed by atoms with E-state index in [1.807, 2.05) is 0 Å². The van der Waals surface area contributed by atoms with Crippen LogP contribution in [0.25, 0.3) is 0 Å². The second-order valence-corrected chi connectivity index (χ2v) is 4.87. The number of aryl methyl sites for hydroxylation is 1. The molecule has 2 heterocycles. The van der Waals surface area contributed by atoms with Crippen LogP contribution in [0.2, 0.25) is 0 Å². The SMILES string of the molecule is O=c1[nH]c(=O)n(C2O[C@H](CO)[C@@H](O)[C@@H]2O)cc1CCCl. The molecule has 0 saturated carbocycles. The lowest BCUT2D eigenvalue weighted by molar-refractivity contribution is -0.0551. The summed E-state index contributed by atoms with van der Waals surface area (Å²) in [6, 6.07) is 0. The molecule has 0 radical (unpaired) electrons. The fourth-order valence-electron chi connectivity index (χ4n) is 2.11. The number of halogens is 1. The highest BCUT2D eigenvalue weighted by atomic mass is 35.5. The van der Waals surface area contributed by atoms with E-state index < -0.39 is 42.4 Å². The summed E-state index contributed by atoms with van der Waals surface area (Å²) in [7, 11) is 0. The molecule has 0 spiro atoms. The molecule has 1 unspecified atom stereocenters. The van der Waals surface area contributed by atoms with Gasteiger partial charge in [-0.25, -0.2) is 4.79 Å². The summed E-state index contributed by atoms with van der Waals surface area (Å²) >= 11 is 5.56. The van der Waals surface area contributed by atoms with Gasteiger partial charge in [0.25, 0.3) is 5.56 Å². The second kappa shape index (κ2) is 6.06. The van der Waals surface area contributed by atoms with E-state index in [9.17, 15) is 19.8 Å². The van der Waals surface area contributed by atoms with Crippen LogP contribution in [-0.4, -0.2) is 55.7 Å². The van der Waals surface area contributed by atoms with E-state index in [1.165, 1.54) is 6.20 Å². The van der Waals surface area contributed by atoms with Gasteiger partial charge in [0.05, 0.1) is 6.61 Å². The lowest BCUT2D eigenvalue weighted by Gasteiger charge is -2.17. The number of H-pyrrole nitrogens is 1. The predicted molar refractivity (Wildman–Crippen MR) is 68.8 cm³/mol. The molecule has 1 aliphatic heterocycles. The average molecular weight is 307 g/mol. The van der Waals surface area contributed by atoms with Crippen LogP contribution in [0.1, 0.15) is 11.8 Å². The van der Waals surface area contributed by atoms with Gasteiger partial charge in [-0.1, -0.05) is 0 Å². The van der Waals surface area contributed by atoms with E-state index in [0.29, 0.717) is 0 Å². The summed E-state index contributed by atoms with van der Waals surface area (Å²) < 4.78 is 6.21. The molecule has 1 saturated heterocycles. The Morgan fingerprint density at radius 3 is 2.60 bits per heavy atom. The lowest BCUT2D eigenvalue weighted by atomic mass is 10.1. The Labute approximate surface area is 118 Å². The number of ether oxygens (including phenoxy) is 1. The van der Waals surface area contributed by atoms with Gasteiger partial charge in [0, 0.05) is 17.6 Å². The quantitative estimate of drug-likeness (QED) is 0.474. The standard InChI is InChI=1S/C11H15ClN2O6/c12-2-1-5-3-14(11(19)13-9(5)18)10-8(17)7(16)6(4-15)20-10/h3,6-8,10,15-17H,1-2,4H2,(H,13,18,19)/t6-,7-,8+,10?/m1/s1. The van der Waals surface area contributed by atoms with Gasteiger partial charge in [0.2, 0.25) is 0 Å². The molecule has 1 fully saturated rings. The third-order valence-corrected chi connectivity index (χ3v) is 3.39. The third kappa shape index (κ3) is 2.65. The van der Waals surface area contributed by atoms with Crippen molar-refractivity contribution in [1.82, 2.24) is 9.55 Å². The van der Waals surface area contributed by atoms with Crippen molar-refractivity contribution in [1.29, 1.82) is 0 Å². The van der Waals surface area contributed by atoms with Gasteiger partial charge in [0.15, 0.2) is 6.23 Å². The largest absolute Gasteiger partial charge is 0.394 e. The van der Waals surface area contributed by atoms with Crippen molar-refractivity contribution in [3.8, 4) is 0 Å². The smallest absolute Gasteiger partial charge is 0.330 e. The molecule has 9 heteroatoms. The zero-order valence-corrected chi connectivity index (χ0v) is 11.2. The minimum absolute atomic E-state index is 0.192. The maximum Gasteiger partial charge on any atom is 0.330 e. The molecular weight excluding hydrogens is 292 g/mol. The van der Waals surface area contributed by atoms with Crippen LogP contribution in [0.15, 0.2) is 15.8 Å².